The molecular weight excluding hydrogens is 488 g/mol. The van der Waals surface area contributed by atoms with E-state index in [1.165, 1.54) is 12.1 Å². The minimum Gasteiger partial charge on any atom is -0.408 e. The number of fused-ring (bicyclic) bond motifs is 1. The summed E-state index contributed by atoms with van der Waals surface area (Å²) in [6.45, 7) is 1.46. The van der Waals surface area contributed by atoms with Gasteiger partial charge in [0.05, 0.1) is 5.52 Å². The summed E-state index contributed by atoms with van der Waals surface area (Å²) in [5, 5.41) is 3.35. The summed E-state index contributed by atoms with van der Waals surface area (Å²) in [5.74, 6) is -0.690. The third kappa shape index (κ3) is 4.52. The zero-order chi connectivity index (χ0) is 19.0. The Bertz CT molecular complexity index is 1010. The molecule has 0 radical (unpaired) electrons. The van der Waals surface area contributed by atoms with Gasteiger partial charge in [-0.3, -0.25) is 4.57 Å². The maximum absolute atomic E-state index is 12.3. The predicted molar refractivity (Wildman–Crippen MR) is 111 cm³/mol. The molecule has 152 valence electrons. The fourth-order valence-corrected chi connectivity index (χ4v) is 3.40. The average Bonchev–Trinajstić information content (AvgIpc) is 3.23. The van der Waals surface area contributed by atoms with Crippen LogP contribution in [0, 0.1) is 0 Å². The maximum Gasteiger partial charge on any atom is 0.573 e. The third-order valence-electron chi connectivity index (χ3n) is 4.65. The van der Waals surface area contributed by atoms with Crippen molar-refractivity contribution < 1.29 is 23.8 Å². The van der Waals surface area contributed by atoms with Crippen molar-refractivity contribution in [3.63, 3.8) is 0 Å². The lowest BCUT2D eigenvalue weighted by Gasteiger charge is -2.11. The molecule has 0 amide bonds. The van der Waals surface area contributed by atoms with Crippen molar-refractivity contribution in [1.82, 2.24) is 9.88 Å². The normalized spacial score (nSPS) is 16.9. The Balaban J connectivity index is 0.00000150. The van der Waals surface area contributed by atoms with Crippen molar-refractivity contribution in [2.24, 2.45) is 0 Å². The first-order chi connectivity index (χ1) is 12.9. The molecule has 1 aliphatic rings. The first kappa shape index (κ1) is 20.7. The molecule has 0 unspecified atom stereocenters. The minimum atomic E-state index is -4.72. The van der Waals surface area contributed by atoms with E-state index in [1.807, 2.05) is 6.07 Å². The van der Waals surface area contributed by atoms with Gasteiger partial charge in [0.2, 0.25) is 0 Å². The molecule has 28 heavy (non-hydrogen) atoms. The van der Waals surface area contributed by atoms with Crippen molar-refractivity contribution >= 4 is 35.1 Å². The van der Waals surface area contributed by atoms with E-state index in [9.17, 15) is 18.0 Å². The molecule has 1 aromatic heterocycles. The highest BCUT2D eigenvalue weighted by atomic mass is 127. The van der Waals surface area contributed by atoms with Crippen LogP contribution in [0.15, 0.2) is 51.7 Å². The smallest absolute Gasteiger partial charge is 0.408 e. The third-order valence-corrected chi connectivity index (χ3v) is 4.65. The molecule has 1 fully saturated rings. The molecule has 2 heterocycles. The van der Waals surface area contributed by atoms with Crippen LogP contribution in [-0.4, -0.2) is 23.5 Å². The molecule has 4 rings (SSSR count). The van der Waals surface area contributed by atoms with Gasteiger partial charge in [-0.1, -0.05) is 18.2 Å². The number of nitrogens with one attached hydrogen (secondary N) is 1. The molecular formula is C19H20F3IN2O3. The molecule has 0 spiro atoms. The van der Waals surface area contributed by atoms with E-state index in [4.69, 9.17) is 4.42 Å². The number of hydrogen-bond donors (Lipinski definition) is 1. The molecule has 1 atom stereocenters. The lowest BCUT2D eigenvalue weighted by Crippen LogP contribution is -2.30. The van der Waals surface area contributed by atoms with E-state index in [1.54, 1.807) is 28.8 Å². The quantitative estimate of drug-likeness (QED) is 0.516. The van der Waals surface area contributed by atoms with Gasteiger partial charge in [-0.05, 0) is 54.8 Å². The van der Waals surface area contributed by atoms with Crippen molar-refractivity contribution in [3.8, 4) is 16.9 Å². The monoisotopic (exact) mass is 508 g/mol. The number of benzene rings is 2. The lowest BCUT2D eigenvalue weighted by atomic mass is 10.1. The predicted octanol–water partition coefficient (Wildman–Crippen LogP) is 4.78. The van der Waals surface area contributed by atoms with Gasteiger partial charge in [0.1, 0.15) is 5.75 Å². The Morgan fingerprint density at radius 2 is 1.89 bits per heavy atom. The number of oxazole rings is 1. The van der Waals surface area contributed by atoms with Gasteiger partial charge >= 0.3 is 12.1 Å². The number of hydrogen-bond acceptors (Lipinski definition) is 4. The lowest BCUT2D eigenvalue weighted by molar-refractivity contribution is -0.274. The molecule has 1 aliphatic heterocycles. The zero-order valence-corrected chi connectivity index (χ0v) is 17.0. The Hall–Kier alpha value is -2.01. The van der Waals surface area contributed by atoms with E-state index in [-0.39, 0.29) is 37.2 Å². The number of ether oxygens (including phenoxy) is 1. The molecule has 5 nitrogen and oxygen atoms in total. The van der Waals surface area contributed by atoms with E-state index < -0.39 is 12.1 Å². The van der Waals surface area contributed by atoms with Gasteiger partial charge in [-0.2, -0.15) is 0 Å². The van der Waals surface area contributed by atoms with Gasteiger partial charge in [0.25, 0.3) is 0 Å². The average molecular weight is 508 g/mol. The topological polar surface area (TPSA) is 56.4 Å². The number of aromatic nitrogens is 1. The Labute approximate surface area is 177 Å². The minimum absolute atomic E-state index is 0. The summed E-state index contributed by atoms with van der Waals surface area (Å²) in [6.07, 6.45) is -2.65. The molecule has 1 N–H and O–H groups in total. The van der Waals surface area contributed by atoms with Crippen LogP contribution in [0.5, 0.6) is 5.75 Å². The fourth-order valence-electron chi connectivity index (χ4n) is 3.40. The van der Waals surface area contributed by atoms with Crippen molar-refractivity contribution in [1.29, 1.82) is 0 Å². The number of halogens is 4. The van der Waals surface area contributed by atoms with Crippen LogP contribution in [0.25, 0.3) is 22.2 Å². The Kier molecular flexibility index (Phi) is 6.04. The maximum atomic E-state index is 12.3. The molecule has 0 aliphatic carbocycles. The zero-order valence-electron chi connectivity index (χ0n) is 14.7. The molecule has 0 bridgehead atoms. The molecule has 2 aromatic carbocycles. The van der Waals surface area contributed by atoms with Gasteiger partial charge in [0.15, 0.2) is 5.58 Å². The van der Waals surface area contributed by atoms with Gasteiger partial charge < -0.3 is 14.5 Å². The number of alkyl halides is 3. The fraction of sp³-hybridized carbons (Fsp3) is 0.316. The standard InChI is InChI=1S/C19H17F3N2O3.HI.H2/c20-19(21,22)27-15-6-3-12(4-7-15)13-5-8-17-16(10-13)24(18(25)26-17)11-14-2-1-9-23-14;;/h3-8,10,14,23H,1-2,9,11H2;2*1H/t14-;;/m1../s1. The highest BCUT2D eigenvalue weighted by Gasteiger charge is 2.31. The summed E-state index contributed by atoms with van der Waals surface area (Å²) in [6, 6.07) is 11.1. The number of nitrogens with zero attached hydrogens (tertiary/aromatic N) is 1. The summed E-state index contributed by atoms with van der Waals surface area (Å²) in [4.78, 5) is 12.2. The second kappa shape index (κ2) is 8.16. The van der Waals surface area contributed by atoms with E-state index in [2.05, 4.69) is 10.1 Å². The van der Waals surface area contributed by atoms with Crippen molar-refractivity contribution in [2.75, 3.05) is 6.54 Å². The van der Waals surface area contributed by atoms with Gasteiger partial charge in [0, 0.05) is 14.0 Å². The highest BCUT2D eigenvalue weighted by molar-refractivity contribution is 14.0. The summed E-state index contributed by atoms with van der Waals surface area (Å²) < 4.78 is 47.7. The van der Waals surface area contributed by atoms with Crippen LogP contribution in [0.1, 0.15) is 14.3 Å². The molecule has 1 saturated heterocycles. The summed E-state index contributed by atoms with van der Waals surface area (Å²) in [7, 11) is 0. The Morgan fingerprint density at radius 1 is 1.18 bits per heavy atom. The first-order valence-electron chi connectivity index (χ1n) is 8.62. The molecule has 0 saturated carbocycles. The van der Waals surface area contributed by atoms with Crippen LogP contribution in [-0.2, 0) is 6.54 Å². The largest absolute Gasteiger partial charge is 0.573 e. The van der Waals surface area contributed by atoms with E-state index in [0.717, 1.165) is 24.9 Å². The van der Waals surface area contributed by atoms with Crippen LogP contribution in [0.3, 0.4) is 0 Å². The second-order valence-corrected chi connectivity index (χ2v) is 6.53. The summed E-state index contributed by atoms with van der Waals surface area (Å²) >= 11 is 0. The van der Waals surface area contributed by atoms with Crippen LogP contribution < -0.4 is 15.8 Å². The number of rotatable bonds is 4. The second-order valence-electron chi connectivity index (χ2n) is 6.53. The van der Waals surface area contributed by atoms with Crippen LogP contribution in [0.4, 0.5) is 13.2 Å². The first-order valence-corrected chi connectivity index (χ1v) is 8.62. The summed E-state index contributed by atoms with van der Waals surface area (Å²) in [5.41, 5.74) is 2.64. The van der Waals surface area contributed by atoms with Gasteiger partial charge in [-0.15, -0.1) is 37.1 Å². The SMILES string of the molecule is I.O=c1oc2ccc(-c3ccc(OC(F)(F)F)cc3)cc2n1C[C@H]1CCCN1.[HH]. The van der Waals surface area contributed by atoms with E-state index >= 15 is 0 Å². The van der Waals surface area contributed by atoms with Gasteiger partial charge in [-0.25, -0.2) is 4.79 Å². The molecule has 9 heteroatoms. The molecule has 3 aromatic rings. The van der Waals surface area contributed by atoms with Crippen LogP contribution >= 0.6 is 24.0 Å². The van der Waals surface area contributed by atoms with Crippen LogP contribution in [0.2, 0.25) is 0 Å². The van der Waals surface area contributed by atoms with Crippen molar-refractivity contribution in [2.45, 2.75) is 31.8 Å². The Morgan fingerprint density at radius 3 is 2.54 bits per heavy atom. The highest BCUT2D eigenvalue weighted by Crippen LogP contribution is 2.28. The van der Waals surface area contributed by atoms with E-state index in [0.29, 0.717) is 23.2 Å². The van der Waals surface area contributed by atoms with Crippen molar-refractivity contribution in [3.05, 3.63) is 53.0 Å².